The lowest BCUT2D eigenvalue weighted by atomic mass is 10.00. The maximum atomic E-state index is 12.0. The van der Waals surface area contributed by atoms with Crippen molar-refractivity contribution in [1.82, 2.24) is 0 Å². The first-order chi connectivity index (χ1) is 11.2. The smallest absolute Gasteiger partial charge is 0.316 e. The van der Waals surface area contributed by atoms with Crippen LogP contribution in [0.3, 0.4) is 0 Å². The van der Waals surface area contributed by atoms with Crippen molar-refractivity contribution in [2.75, 3.05) is 27.9 Å². The van der Waals surface area contributed by atoms with E-state index in [1.807, 2.05) is 12.1 Å². The Morgan fingerprint density at radius 2 is 1.30 bits per heavy atom. The molecule has 0 aliphatic carbocycles. The molecule has 0 saturated heterocycles. The lowest BCUT2D eigenvalue weighted by molar-refractivity contribution is -0.143. The fraction of sp³-hybridized carbons (Fsp3) is 0.278. The Morgan fingerprint density at radius 1 is 0.826 bits per heavy atom. The minimum atomic E-state index is -0.506. The summed E-state index contributed by atoms with van der Waals surface area (Å²) in [6.45, 7) is 0.186. The normalized spacial score (nSPS) is 11.4. The third kappa shape index (κ3) is 4.39. The highest BCUT2D eigenvalue weighted by atomic mass is 16.5. The van der Waals surface area contributed by atoms with Gasteiger partial charge >= 0.3 is 5.97 Å². The average molecular weight is 316 g/mol. The Kier molecular flexibility index (Phi) is 5.86. The predicted octanol–water partition coefficient (Wildman–Crippen LogP) is 3.04. The van der Waals surface area contributed by atoms with Crippen LogP contribution in [0.25, 0.3) is 0 Å². The molecular weight excluding hydrogens is 296 g/mol. The zero-order valence-corrected chi connectivity index (χ0v) is 13.4. The molecule has 0 N–H and O–H groups in total. The molecular formula is C18H20O5. The fourth-order valence-electron chi connectivity index (χ4n) is 2.13. The van der Waals surface area contributed by atoms with Crippen molar-refractivity contribution in [3.63, 3.8) is 0 Å². The molecule has 0 aliphatic rings. The van der Waals surface area contributed by atoms with Crippen molar-refractivity contribution in [2.24, 2.45) is 0 Å². The molecule has 23 heavy (non-hydrogen) atoms. The molecule has 0 aromatic heterocycles. The van der Waals surface area contributed by atoms with Gasteiger partial charge in [0.2, 0.25) is 0 Å². The first-order valence-electron chi connectivity index (χ1n) is 7.16. The molecule has 2 aromatic carbocycles. The first-order valence-corrected chi connectivity index (χ1v) is 7.16. The largest absolute Gasteiger partial charge is 0.497 e. The number of esters is 1. The summed E-state index contributed by atoms with van der Waals surface area (Å²) in [6, 6.07) is 14.5. The van der Waals surface area contributed by atoms with Crippen LogP contribution in [-0.4, -0.2) is 33.9 Å². The second-order valence-corrected chi connectivity index (χ2v) is 4.84. The highest BCUT2D eigenvalue weighted by Gasteiger charge is 2.22. The van der Waals surface area contributed by atoms with Crippen molar-refractivity contribution < 1.29 is 23.7 Å². The Bertz CT molecular complexity index is 619. The topological polar surface area (TPSA) is 54.0 Å². The van der Waals surface area contributed by atoms with E-state index in [4.69, 9.17) is 18.9 Å². The van der Waals surface area contributed by atoms with Gasteiger partial charge in [0.15, 0.2) is 0 Å². The van der Waals surface area contributed by atoms with Crippen molar-refractivity contribution in [1.29, 1.82) is 0 Å². The number of ether oxygens (including phenoxy) is 4. The van der Waals surface area contributed by atoms with Gasteiger partial charge in [-0.25, -0.2) is 0 Å². The number of carbonyl (C=O) groups is 1. The molecule has 0 bridgehead atoms. The summed E-state index contributed by atoms with van der Waals surface area (Å²) in [4.78, 5) is 12.0. The molecule has 2 rings (SSSR count). The highest BCUT2D eigenvalue weighted by molar-refractivity contribution is 5.78. The van der Waals surface area contributed by atoms with Crippen LogP contribution >= 0.6 is 0 Å². The predicted molar refractivity (Wildman–Crippen MR) is 86.2 cm³/mol. The van der Waals surface area contributed by atoms with Gasteiger partial charge in [-0.1, -0.05) is 12.1 Å². The lowest BCUT2D eigenvalue weighted by Crippen LogP contribution is -2.21. The van der Waals surface area contributed by atoms with Gasteiger partial charge in [-0.3, -0.25) is 4.79 Å². The van der Waals surface area contributed by atoms with E-state index in [9.17, 15) is 4.79 Å². The molecule has 1 atom stereocenters. The van der Waals surface area contributed by atoms with Crippen LogP contribution in [0.5, 0.6) is 17.2 Å². The Balaban J connectivity index is 2.09. The van der Waals surface area contributed by atoms with E-state index in [1.54, 1.807) is 50.6 Å². The van der Waals surface area contributed by atoms with Crippen molar-refractivity contribution in [3.8, 4) is 17.2 Å². The number of methoxy groups -OCH3 is 3. The van der Waals surface area contributed by atoms with Gasteiger partial charge in [-0.15, -0.1) is 0 Å². The molecule has 0 amide bonds. The summed E-state index contributed by atoms with van der Waals surface area (Å²) >= 11 is 0. The zero-order chi connectivity index (χ0) is 16.7. The number of hydrogen-bond acceptors (Lipinski definition) is 5. The van der Waals surface area contributed by atoms with Gasteiger partial charge in [-0.05, 0) is 42.0 Å². The molecule has 0 aliphatic heterocycles. The Morgan fingerprint density at radius 3 is 1.78 bits per heavy atom. The van der Waals surface area contributed by atoms with Gasteiger partial charge < -0.3 is 18.9 Å². The van der Waals surface area contributed by atoms with E-state index >= 15 is 0 Å². The SMILES string of the molecule is COC(=O)C(COc1ccc(OC)cc1)c1ccc(OC)cc1. The van der Waals surface area contributed by atoms with Crippen molar-refractivity contribution in [2.45, 2.75) is 5.92 Å². The quantitative estimate of drug-likeness (QED) is 0.735. The number of carbonyl (C=O) groups excluding carboxylic acids is 1. The molecule has 5 nitrogen and oxygen atoms in total. The maximum absolute atomic E-state index is 12.0. The van der Waals surface area contributed by atoms with Crippen molar-refractivity contribution >= 4 is 5.97 Å². The van der Waals surface area contributed by atoms with Gasteiger partial charge in [0.25, 0.3) is 0 Å². The van der Waals surface area contributed by atoms with Crippen molar-refractivity contribution in [3.05, 3.63) is 54.1 Å². The summed E-state index contributed by atoms with van der Waals surface area (Å²) < 4.78 is 20.8. The highest BCUT2D eigenvalue weighted by Crippen LogP contribution is 2.23. The molecule has 0 heterocycles. The molecule has 1 unspecified atom stereocenters. The second-order valence-electron chi connectivity index (χ2n) is 4.84. The van der Waals surface area contributed by atoms with E-state index in [1.165, 1.54) is 7.11 Å². The molecule has 0 saturated carbocycles. The van der Waals surface area contributed by atoms with E-state index in [0.29, 0.717) is 5.75 Å². The van der Waals surface area contributed by atoms with Gasteiger partial charge in [0.05, 0.1) is 21.3 Å². The number of hydrogen-bond donors (Lipinski definition) is 0. The van der Waals surface area contributed by atoms with Crippen LogP contribution in [0.4, 0.5) is 0 Å². The molecule has 122 valence electrons. The van der Waals surface area contributed by atoms with Gasteiger partial charge in [0, 0.05) is 0 Å². The van der Waals surface area contributed by atoms with Crippen LogP contribution in [-0.2, 0) is 9.53 Å². The monoisotopic (exact) mass is 316 g/mol. The van der Waals surface area contributed by atoms with Crippen LogP contribution in [0.1, 0.15) is 11.5 Å². The second kappa shape index (κ2) is 8.08. The number of benzene rings is 2. The van der Waals surface area contributed by atoms with Gasteiger partial charge in [-0.2, -0.15) is 0 Å². The summed E-state index contributed by atoms with van der Waals surface area (Å²) in [7, 11) is 4.57. The summed E-state index contributed by atoms with van der Waals surface area (Å²) in [5, 5.41) is 0. The van der Waals surface area contributed by atoms with E-state index in [-0.39, 0.29) is 12.6 Å². The van der Waals surface area contributed by atoms with Crippen LogP contribution in [0.2, 0.25) is 0 Å². The molecule has 0 spiro atoms. The van der Waals surface area contributed by atoms with Gasteiger partial charge in [0.1, 0.15) is 29.8 Å². The van der Waals surface area contributed by atoms with Crippen LogP contribution in [0, 0.1) is 0 Å². The fourth-order valence-corrected chi connectivity index (χ4v) is 2.13. The minimum absolute atomic E-state index is 0.186. The average Bonchev–Trinajstić information content (AvgIpc) is 2.62. The standard InChI is InChI=1S/C18H20O5/c1-20-14-6-4-13(5-7-14)17(18(19)22-3)12-23-16-10-8-15(21-2)9-11-16/h4-11,17H,12H2,1-3H3. The van der Waals surface area contributed by atoms with Crippen LogP contribution < -0.4 is 14.2 Å². The molecule has 5 heteroatoms. The lowest BCUT2D eigenvalue weighted by Gasteiger charge is -2.16. The zero-order valence-electron chi connectivity index (χ0n) is 13.4. The van der Waals surface area contributed by atoms with E-state index in [2.05, 4.69) is 0 Å². The van der Waals surface area contributed by atoms with E-state index in [0.717, 1.165) is 17.1 Å². The molecule has 0 radical (unpaired) electrons. The Labute approximate surface area is 135 Å². The molecule has 2 aromatic rings. The molecule has 0 fully saturated rings. The van der Waals surface area contributed by atoms with E-state index < -0.39 is 5.92 Å². The maximum Gasteiger partial charge on any atom is 0.316 e. The third-order valence-corrected chi connectivity index (χ3v) is 3.48. The summed E-state index contributed by atoms with van der Waals surface area (Å²) in [5.41, 5.74) is 0.811. The van der Waals surface area contributed by atoms with Crippen LogP contribution in [0.15, 0.2) is 48.5 Å². The number of rotatable bonds is 7. The minimum Gasteiger partial charge on any atom is -0.497 e. The Hall–Kier alpha value is -2.69. The summed E-state index contributed by atoms with van der Waals surface area (Å²) in [5.74, 6) is 1.29. The summed E-state index contributed by atoms with van der Waals surface area (Å²) in [6.07, 6.45) is 0. The first kappa shape index (κ1) is 16.7. The third-order valence-electron chi connectivity index (χ3n) is 3.48.